The summed E-state index contributed by atoms with van der Waals surface area (Å²) in [4.78, 5) is 36.9. The Bertz CT molecular complexity index is 2400. The first kappa shape index (κ1) is 32.8. The molecule has 2 fully saturated rings. The van der Waals surface area contributed by atoms with Gasteiger partial charge in [-0.05, 0) is 67.1 Å². The number of amides is 2. The summed E-state index contributed by atoms with van der Waals surface area (Å²) in [5, 5.41) is 27.4. The maximum Gasteiger partial charge on any atom is 0.249 e. The van der Waals surface area contributed by atoms with Crippen molar-refractivity contribution in [1.82, 2.24) is 59.0 Å². The van der Waals surface area contributed by atoms with Gasteiger partial charge in [-0.3, -0.25) is 29.9 Å². The van der Waals surface area contributed by atoms with E-state index in [1.165, 1.54) is 0 Å². The summed E-state index contributed by atoms with van der Waals surface area (Å²) < 4.78 is 7.06. The molecular weight excluding hydrogens is 685 g/mol. The number of anilines is 2. The predicted octanol–water partition coefficient (Wildman–Crippen LogP) is 4.77. The van der Waals surface area contributed by atoms with Crippen LogP contribution in [0, 0.1) is 11.8 Å². The normalized spacial score (nSPS) is 13.8. The van der Waals surface area contributed by atoms with E-state index < -0.39 is 0 Å². The Morgan fingerprint density at radius 3 is 1.93 bits per heavy atom. The van der Waals surface area contributed by atoms with Gasteiger partial charge in [-0.1, -0.05) is 53.7 Å². The van der Waals surface area contributed by atoms with E-state index in [4.69, 9.17) is 0 Å². The summed E-state index contributed by atoms with van der Waals surface area (Å²) in [6.07, 6.45) is 13.0. The maximum absolute atomic E-state index is 12.0. The Hall–Kier alpha value is -7.10. The van der Waals surface area contributed by atoms with Gasteiger partial charge in [0.15, 0.2) is 11.3 Å². The Kier molecular flexibility index (Phi) is 8.58. The summed E-state index contributed by atoms with van der Waals surface area (Å²) in [5.74, 6) is 0.854. The fraction of sp³-hybridized carbons (Fsp3) is 0.211. The molecule has 10 rings (SSSR count). The van der Waals surface area contributed by atoms with E-state index in [0.717, 1.165) is 53.8 Å². The quantitative estimate of drug-likeness (QED) is 0.200. The molecular formula is C38H34N14O2. The van der Waals surface area contributed by atoms with Crippen molar-refractivity contribution < 1.29 is 9.59 Å². The van der Waals surface area contributed by atoms with Crippen LogP contribution in [0.4, 0.5) is 11.9 Å². The average Bonchev–Trinajstić information content (AvgIpc) is 4.04. The number of carbonyl (C=O) groups excluding carboxylic acids is 2. The van der Waals surface area contributed by atoms with Crippen LogP contribution in [-0.2, 0) is 22.7 Å². The number of carbonyl (C=O) groups is 2. The zero-order chi connectivity index (χ0) is 36.4. The molecule has 0 radical (unpaired) electrons. The summed E-state index contributed by atoms with van der Waals surface area (Å²) >= 11 is 0. The largest absolute Gasteiger partial charge is 0.293 e. The van der Waals surface area contributed by atoms with Crippen LogP contribution < -0.4 is 10.6 Å². The standard InChI is InChI=1S/2C19H17N7O/c27-18(14-6-7-14)23-19-22-17-5-1-4-16(26(17)24-19)15-10-21-25(12-15)11-13-3-2-8-20-9-13;27-18(14-9-10-14)21-19-20-17-8-4-7-16(26(17)23-19)15-12-25(24-22-15)11-13-5-2-1-3-6-13/h1-5,8-10,12,14H,6-7,11H2,(H,23,24,27);1-8,12,14H,9-11H2,(H,21,23,27). The van der Waals surface area contributed by atoms with E-state index in [1.807, 2.05) is 102 Å². The number of hydrogen-bond acceptors (Lipinski definition) is 10. The summed E-state index contributed by atoms with van der Waals surface area (Å²) in [7, 11) is 0. The third-order valence-electron chi connectivity index (χ3n) is 9.07. The fourth-order valence-electron chi connectivity index (χ4n) is 5.97. The van der Waals surface area contributed by atoms with E-state index in [0.29, 0.717) is 42.0 Å². The van der Waals surface area contributed by atoms with Gasteiger partial charge in [-0.2, -0.15) is 15.1 Å². The first-order valence-corrected chi connectivity index (χ1v) is 17.7. The van der Waals surface area contributed by atoms with E-state index in [9.17, 15) is 9.59 Å². The van der Waals surface area contributed by atoms with Gasteiger partial charge in [0.05, 0.1) is 36.9 Å². The molecule has 7 heterocycles. The molecule has 2 saturated carbocycles. The third-order valence-corrected chi connectivity index (χ3v) is 9.07. The molecule has 2 aliphatic rings. The highest BCUT2D eigenvalue weighted by Crippen LogP contribution is 2.31. The number of rotatable bonds is 10. The molecule has 1 aromatic carbocycles. The van der Waals surface area contributed by atoms with E-state index in [1.54, 1.807) is 26.1 Å². The molecule has 8 aromatic rings. The molecule has 268 valence electrons. The third kappa shape index (κ3) is 7.30. The second kappa shape index (κ2) is 14.1. The summed E-state index contributed by atoms with van der Waals surface area (Å²) in [6, 6.07) is 25.4. The van der Waals surface area contributed by atoms with Crippen molar-refractivity contribution in [2.24, 2.45) is 11.8 Å². The van der Waals surface area contributed by atoms with Gasteiger partial charge in [0, 0.05) is 36.0 Å². The second-order valence-electron chi connectivity index (χ2n) is 13.3. The van der Waals surface area contributed by atoms with E-state index in [-0.39, 0.29) is 23.7 Å². The van der Waals surface area contributed by atoms with Gasteiger partial charge in [0.1, 0.15) is 5.69 Å². The number of aromatic nitrogens is 12. The number of fused-ring (bicyclic) bond motifs is 2. The molecule has 0 aliphatic heterocycles. The van der Waals surface area contributed by atoms with Gasteiger partial charge in [-0.15, -0.1) is 15.3 Å². The number of nitrogens with one attached hydrogen (secondary N) is 2. The summed E-state index contributed by atoms with van der Waals surface area (Å²) in [5.41, 5.74) is 6.82. The van der Waals surface area contributed by atoms with Crippen LogP contribution in [0.1, 0.15) is 36.8 Å². The number of benzene rings is 1. The van der Waals surface area contributed by atoms with Crippen molar-refractivity contribution >= 4 is 35.0 Å². The SMILES string of the molecule is O=C(Nc1nc2cccc(-c3cn(Cc4ccccc4)nn3)n2n1)C1CC1.O=C(Nc1nc2cccc(-c3cnn(Cc4cccnc4)c3)n2n1)C1CC1. The molecule has 0 saturated heterocycles. The number of hydrogen-bond donors (Lipinski definition) is 2. The lowest BCUT2D eigenvalue weighted by atomic mass is 10.2. The van der Waals surface area contributed by atoms with Crippen molar-refractivity contribution in [3.8, 4) is 22.6 Å². The maximum atomic E-state index is 12.0. The van der Waals surface area contributed by atoms with Crippen LogP contribution in [0.15, 0.2) is 110 Å². The van der Waals surface area contributed by atoms with Crippen molar-refractivity contribution in [3.05, 3.63) is 121 Å². The van der Waals surface area contributed by atoms with Crippen molar-refractivity contribution in [2.75, 3.05) is 10.6 Å². The summed E-state index contributed by atoms with van der Waals surface area (Å²) in [6.45, 7) is 1.29. The highest BCUT2D eigenvalue weighted by molar-refractivity contribution is 5.93. The van der Waals surface area contributed by atoms with Crippen molar-refractivity contribution in [1.29, 1.82) is 0 Å². The van der Waals surface area contributed by atoms with Gasteiger partial charge in [0.2, 0.25) is 23.7 Å². The fourth-order valence-corrected chi connectivity index (χ4v) is 5.97. The number of nitrogens with zero attached hydrogens (tertiary/aromatic N) is 12. The highest BCUT2D eigenvalue weighted by Gasteiger charge is 2.31. The predicted molar refractivity (Wildman–Crippen MR) is 198 cm³/mol. The zero-order valence-electron chi connectivity index (χ0n) is 29.0. The smallest absolute Gasteiger partial charge is 0.249 e. The van der Waals surface area contributed by atoms with Crippen LogP contribution in [0.3, 0.4) is 0 Å². The highest BCUT2D eigenvalue weighted by atomic mass is 16.2. The topological polar surface area (TPSA) is 180 Å². The van der Waals surface area contributed by atoms with Crippen LogP contribution in [-0.4, -0.2) is 70.8 Å². The molecule has 54 heavy (non-hydrogen) atoms. The molecule has 16 heteroatoms. The lowest BCUT2D eigenvalue weighted by molar-refractivity contribution is -0.118. The first-order chi connectivity index (χ1) is 26.5. The molecule has 2 N–H and O–H groups in total. The zero-order valence-corrected chi connectivity index (χ0v) is 29.0. The number of pyridine rings is 3. The van der Waals surface area contributed by atoms with Crippen LogP contribution in [0.5, 0.6) is 0 Å². The van der Waals surface area contributed by atoms with E-state index >= 15 is 0 Å². The van der Waals surface area contributed by atoms with Gasteiger partial charge in [0.25, 0.3) is 0 Å². The Morgan fingerprint density at radius 2 is 1.28 bits per heavy atom. The van der Waals surface area contributed by atoms with Crippen molar-refractivity contribution in [2.45, 2.75) is 38.8 Å². The minimum atomic E-state index is -0.0127. The van der Waals surface area contributed by atoms with Gasteiger partial charge < -0.3 is 0 Å². The van der Waals surface area contributed by atoms with Gasteiger partial charge >= 0.3 is 0 Å². The molecule has 0 spiro atoms. The molecule has 0 unspecified atom stereocenters. The van der Waals surface area contributed by atoms with Gasteiger partial charge in [-0.25, -0.2) is 13.7 Å². The second-order valence-corrected chi connectivity index (χ2v) is 13.3. The minimum absolute atomic E-state index is 0.00301. The molecule has 7 aromatic heterocycles. The molecule has 0 bridgehead atoms. The lowest BCUT2D eigenvalue weighted by Gasteiger charge is -2.02. The minimum Gasteiger partial charge on any atom is -0.293 e. The Morgan fingerprint density at radius 1 is 0.648 bits per heavy atom. The Balaban J connectivity index is 0.000000142. The van der Waals surface area contributed by atoms with Crippen LogP contribution in [0.2, 0.25) is 0 Å². The molecule has 16 nitrogen and oxygen atoms in total. The molecule has 0 atom stereocenters. The first-order valence-electron chi connectivity index (χ1n) is 17.7. The Labute approximate surface area is 307 Å². The monoisotopic (exact) mass is 718 g/mol. The van der Waals surface area contributed by atoms with Crippen LogP contribution in [0.25, 0.3) is 33.9 Å². The molecule has 2 aliphatic carbocycles. The molecule has 2 amide bonds. The van der Waals surface area contributed by atoms with Crippen LogP contribution >= 0.6 is 0 Å². The average molecular weight is 719 g/mol. The van der Waals surface area contributed by atoms with Crippen molar-refractivity contribution in [3.63, 3.8) is 0 Å². The van der Waals surface area contributed by atoms with E-state index in [2.05, 4.69) is 51.2 Å². The lowest BCUT2D eigenvalue weighted by Crippen LogP contribution is -2.14.